The van der Waals surface area contributed by atoms with Crippen molar-refractivity contribution in [1.82, 2.24) is 20.4 Å². The molecule has 2 aliphatic rings. The lowest BCUT2D eigenvalue weighted by Gasteiger charge is -2.34. The SMILES string of the molecule is CCC(C)NC(=O)CN1CCN(CC(=O)NCC2CCCCC2)CC1. The van der Waals surface area contributed by atoms with Gasteiger partial charge in [0.1, 0.15) is 0 Å². The van der Waals surface area contributed by atoms with Crippen LogP contribution < -0.4 is 10.6 Å². The van der Waals surface area contributed by atoms with E-state index in [-0.39, 0.29) is 17.9 Å². The Balaban J connectivity index is 1.58. The number of carbonyl (C=O) groups is 2. The van der Waals surface area contributed by atoms with E-state index >= 15 is 0 Å². The molecule has 0 bridgehead atoms. The van der Waals surface area contributed by atoms with Crippen LogP contribution in [-0.4, -0.2) is 73.5 Å². The minimum absolute atomic E-state index is 0.105. The van der Waals surface area contributed by atoms with Crippen LogP contribution in [0, 0.1) is 5.92 Å². The molecule has 2 amide bonds. The Morgan fingerprint density at radius 3 is 2.08 bits per heavy atom. The topological polar surface area (TPSA) is 64.7 Å². The summed E-state index contributed by atoms with van der Waals surface area (Å²) in [4.78, 5) is 28.5. The van der Waals surface area contributed by atoms with Gasteiger partial charge in [-0.3, -0.25) is 19.4 Å². The predicted molar refractivity (Wildman–Crippen MR) is 100 cm³/mol. The summed E-state index contributed by atoms with van der Waals surface area (Å²) in [5.41, 5.74) is 0. The van der Waals surface area contributed by atoms with Crippen molar-refractivity contribution in [2.24, 2.45) is 5.92 Å². The van der Waals surface area contributed by atoms with Crippen molar-refractivity contribution in [2.45, 2.75) is 58.4 Å². The van der Waals surface area contributed by atoms with Crippen molar-refractivity contribution in [3.8, 4) is 0 Å². The first-order valence-electron chi connectivity index (χ1n) is 10.1. The van der Waals surface area contributed by atoms with E-state index in [1.54, 1.807) is 0 Å². The Hall–Kier alpha value is -1.14. The Kier molecular flexibility index (Phi) is 8.68. The molecule has 0 aromatic heterocycles. The van der Waals surface area contributed by atoms with Gasteiger partial charge in [0.15, 0.2) is 0 Å². The molecule has 144 valence electrons. The van der Waals surface area contributed by atoms with Crippen molar-refractivity contribution in [3.05, 3.63) is 0 Å². The molecule has 0 aromatic carbocycles. The van der Waals surface area contributed by atoms with E-state index in [2.05, 4.69) is 27.4 Å². The van der Waals surface area contributed by atoms with Crippen LogP contribution in [0.25, 0.3) is 0 Å². The van der Waals surface area contributed by atoms with Crippen molar-refractivity contribution in [2.75, 3.05) is 45.8 Å². The molecule has 25 heavy (non-hydrogen) atoms. The Morgan fingerprint density at radius 2 is 1.52 bits per heavy atom. The molecule has 0 aromatic rings. The fraction of sp³-hybridized carbons (Fsp3) is 0.895. The van der Waals surface area contributed by atoms with Gasteiger partial charge in [-0.05, 0) is 32.1 Å². The molecule has 1 atom stereocenters. The van der Waals surface area contributed by atoms with Crippen molar-refractivity contribution in [1.29, 1.82) is 0 Å². The lowest BCUT2D eigenvalue weighted by Crippen LogP contribution is -2.52. The van der Waals surface area contributed by atoms with E-state index in [0.717, 1.165) is 39.1 Å². The van der Waals surface area contributed by atoms with Crippen molar-refractivity contribution < 1.29 is 9.59 Å². The van der Waals surface area contributed by atoms with E-state index in [9.17, 15) is 9.59 Å². The first kappa shape index (κ1) is 20.2. The second-order valence-electron chi connectivity index (χ2n) is 7.74. The average Bonchev–Trinajstić information content (AvgIpc) is 2.62. The van der Waals surface area contributed by atoms with Gasteiger partial charge < -0.3 is 10.6 Å². The van der Waals surface area contributed by atoms with E-state index < -0.39 is 0 Å². The zero-order valence-electron chi connectivity index (χ0n) is 16.1. The van der Waals surface area contributed by atoms with Crippen LogP contribution in [0.4, 0.5) is 0 Å². The molecule has 1 aliphatic carbocycles. The highest BCUT2D eigenvalue weighted by molar-refractivity contribution is 5.78. The average molecular weight is 353 g/mol. The Bertz CT molecular complexity index is 416. The third kappa shape index (κ3) is 7.74. The molecular formula is C19H36N4O2. The highest BCUT2D eigenvalue weighted by Gasteiger charge is 2.21. The van der Waals surface area contributed by atoms with Gasteiger partial charge in [0.25, 0.3) is 0 Å². The number of amides is 2. The van der Waals surface area contributed by atoms with E-state index in [4.69, 9.17) is 0 Å². The highest BCUT2D eigenvalue weighted by atomic mass is 16.2. The van der Waals surface area contributed by atoms with Gasteiger partial charge in [-0.25, -0.2) is 0 Å². The number of hydrogen-bond donors (Lipinski definition) is 2. The summed E-state index contributed by atoms with van der Waals surface area (Å²) >= 11 is 0. The molecule has 1 heterocycles. The molecule has 2 N–H and O–H groups in total. The van der Waals surface area contributed by atoms with Crippen LogP contribution in [0.5, 0.6) is 0 Å². The third-order valence-electron chi connectivity index (χ3n) is 5.53. The van der Waals surface area contributed by atoms with E-state index in [0.29, 0.717) is 19.0 Å². The number of carbonyl (C=O) groups excluding carboxylic acids is 2. The minimum atomic E-state index is 0.105. The molecule has 1 saturated carbocycles. The van der Waals surface area contributed by atoms with Crippen LogP contribution in [0.3, 0.4) is 0 Å². The minimum Gasteiger partial charge on any atom is -0.355 e. The van der Waals surface area contributed by atoms with Gasteiger partial charge in [-0.1, -0.05) is 26.2 Å². The van der Waals surface area contributed by atoms with E-state index in [1.807, 2.05) is 6.92 Å². The second-order valence-corrected chi connectivity index (χ2v) is 7.74. The van der Waals surface area contributed by atoms with Gasteiger partial charge >= 0.3 is 0 Å². The molecule has 0 spiro atoms. The van der Waals surface area contributed by atoms with Gasteiger partial charge in [0.2, 0.25) is 11.8 Å². The highest BCUT2D eigenvalue weighted by Crippen LogP contribution is 2.22. The van der Waals surface area contributed by atoms with Crippen LogP contribution in [0.1, 0.15) is 52.4 Å². The maximum Gasteiger partial charge on any atom is 0.234 e. The molecule has 1 saturated heterocycles. The molecule has 0 radical (unpaired) electrons. The van der Waals surface area contributed by atoms with E-state index in [1.165, 1.54) is 32.1 Å². The zero-order chi connectivity index (χ0) is 18.1. The number of piperazine rings is 1. The van der Waals surface area contributed by atoms with Crippen LogP contribution in [0.15, 0.2) is 0 Å². The fourth-order valence-electron chi connectivity index (χ4n) is 3.64. The summed E-state index contributed by atoms with van der Waals surface area (Å²) in [5.74, 6) is 0.931. The molecule has 6 heteroatoms. The lowest BCUT2D eigenvalue weighted by atomic mass is 9.89. The first-order chi connectivity index (χ1) is 12.1. The molecular weight excluding hydrogens is 316 g/mol. The maximum atomic E-state index is 12.1. The second kappa shape index (κ2) is 10.8. The molecule has 2 rings (SSSR count). The quantitative estimate of drug-likeness (QED) is 0.689. The molecule has 1 aliphatic heterocycles. The molecule has 2 fully saturated rings. The largest absolute Gasteiger partial charge is 0.355 e. The third-order valence-corrected chi connectivity index (χ3v) is 5.53. The number of hydrogen-bond acceptors (Lipinski definition) is 4. The van der Waals surface area contributed by atoms with Gasteiger partial charge in [-0.15, -0.1) is 0 Å². The van der Waals surface area contributed by atoms with Crippen LogP contribution in [-0.2, 0) is 9.59 Å². The van der Waals surface area contributed by atoms with Gasteiger partial charge in [-0.2, -0.15) is 0 Å². The van der Waals surface area contributed by atoms with Crippen LogP contribution in [0.2, 0.25) is 0 Å². The predicted octanol–water partition coefficient (Wildman–Crippen LogP) is 1.22. The normalized spacial score (nSPS) is 21.7. The summed E-state index contributed by atoms with van der Waals surface area (Å²) in [5, 5.41) is 6.12. The lowest BCUT2D eigenvalue weighted by molar-refractivity contribution is -0.125. The summed E-state index contributed by atoms with van der Waals surface area (Å²) in [6.45, 7) is 9.31. The zero-order valence-corrected chi connectivity index (χ0v) is 16.1. The smallest absolute Gasteiger partial charge is 0.234 e. The first-order valence-corrected chi connectivity index (χ1v) is 10.1. The van der Waals surface area contributed by atoms with Crippen molar-refractivity contribution >= 4 is 11.8 Å². The monoisotopic (exact) mass is 352 g/mol. The van der Waals surface area contributed by atoms with Gasteiger partial charge in [0.05, 0.1) is 13.1 Å². The standard InChI is InChI=1S/C19H36N4O2/c1-3-16(2)21-19(25)15-23-11-9-22(10-12-23)14-18(24)20-13-17-7-5-4-6-8-17/h16-17H,3-15H2,1-2H3,(H,20,24)(H,21,25). The number of nitrogens with zero attached hydrogens (tertiary/aromatic N) is 2. The molecule has 6 nitrogen and oxygen atoms in total. The van der Waals surface area contributed by atoms with Crippen molar-refractivity contribution in [3.63, 3.8) is 0 Å². The Labute approximate surface area is 152 Å². The van der Waals surface area contributed by atoms with Crippen LogP contribution >= 0.6 is 0 Å². The fourth-order valence-corrected chi connectivity index (χ4v) is 3.64. The summed E-state index contributed by atoms with van der Waals surface area (Å²) in [6.07, 6.45) is 7.45. The molecule has 1 unspecified atom stereocenters. The summed E-state index contributed by atoms with van der Waals surface area (Å²) in [6, 6.07) is 0.238. The maximum absolute atomic E-state index is 12.1. The van der Waals surface area contributed by atoms with Gasteiger partial charge in [0, 0.05) is 38.8 Å². The summed E-state index contributed by atoms with van der Waals surface area (Å²) in [7, 11) is 0. The number of nitrogens with one attached hydrogen (secondary N) is 2. The Morgan fingerprint density at radius 1 is 0.960 bits per heavy atom. The summed E-state index contributed by atoms with van der Waals surface area (Å²) < 4.78 is 0. The number of rotatable bonds is 8.